The SMILES string of the molecule is NC(=O)NCCC[C@H](NC(=O)[C@H](CI)NC(=O)CCNC(=O)[C@@H](N)CCNC(=O)CO)C(=O)Nc1ccc(N2C(=O)C=CC2=O)cc1. The van der Waals surface area contributed by atoms with Gasteiger partial charge in [-0.3, -0.25) is 33.6 Å². The highest BCUT2D eigenvalue weighted by atomic mass is 127. The number of hydrogen-bond acceptors (Lipinski definition) is 10. The van der Waals surface area contributed by atoms with Gasteiger partial charge in [-0.1, -0.05) is 22.6 Å². The number of alkyl halides is 1. The maximum atomic E-state index is 13.2. The molecule has 0 spiro atoms. The van der Waals surface area contributed by atoms with Gasteiger partial charge >= 0.3 is 6.03 Å². The third kappa shape index (κ3) is 13.3. The number of anilines is 2. The van der Waals surface area contributed by atoms with E-state index < -0.39 is 72.1 Å². The van der Waals surface area contributed by atoms with Crippen molar-refractivity contribution in [2.75, 3.05) is 40.9 Å². The largest absolute Gasteiger partial charge is 0.387 e. The molecule has 0 aliphatic carbocycles. The molecule has 2 rings (SSSR count). The first-order valence-electron chi connectivity index (χ1n) is 14.4. The number of nitrogens with one attached hydrogen (secondary N) is 6. The molecule has 1 aliphatic heterocycles. The van der Waals surface area contributed by atoms with Crippen LogP contribution in [0.25, 0.3) is 0 Å². The zero-order valence-corrected chi connectivity index (χ0v) is 27.4. The lowest BCUT2D eigenvalue weighted by atomic mass is 10.1. The lowest BCUT2D eigenvalue weighted by Gasteiger charge is -2.22. The van der Waals surface area contributed by atoms with Gasteiger partial charge in [-0.05, 0) is 43.5 Å². The van der Waals surface area contributed by atoms with Crippen molar-refractivity contribution in [3.63, 3.8) is 0 Å². The number of imide groups is 1. The number of halogens is 1. The highest BCUT2D eigenvalue weighted by Crippen LogP contribution is 2.21. The van der Waals surface area contributed by atoms with Crippen LogP contribution in [0.3, 0.4) is 0 Å². The van der Waals surface area contributed by atoms with E-state index in [9.17, 15) is 38.4 Å². The predicted octanol–water partition coefficient (Wildman–Crippen LogP) is -2.76. The Labute approximate surface area is 283 Å². The summed E-state index contributed by atoms with van der Waals surface area (Å²) in [5.74, 6) is -3.96. The van der Waals surface area contributed by atoms with Gasteiger partial charge in [0.2, 0.25) is 29.5 Å². The number of nitrogens with two attached hydrogens (primary N) is 2. The van der Waals surface area contributed by atoms with Crippen LogP contribution in [0, 0.1) is 0 Å². The molecular weight excluding hydrogens is 733 g/mol. The third-order valence-electron chi connectivity index (χ3n) is 6.52. The summed E-state index contributed by atoms with van der Waals surface area (Å²) in [5.41, 5.74) is 11.5. The summed E-state index contributed by atoms with van der Waals surface area (Å²) < 4.78 is 0.147. The summed E-state index contributed by atoms with van der Waals surface area (Å²) >= 11 is 1.90. The monoisotopic (exact) mass is 771 g/mol. The molecule has 0 aromatic heterocycles. The van der Waals surface area contributed by atoms with Gasteiger partial charge in [-0.25, -0.2) is 9.69 Å². The molecular formula is C28H38IN9O9. The molecule has 11 N–H and O–H groups in total. The average molecular weight is 772 g/mol. The van der Waals surface area contributed by atoms with Gasteiger partial charge in [0.1, 0.15) is 18.7 Å². The molecule has 256 valence electrons. The quantitative estimate of drug-likeness (QED) is 0.0302. The number of amides is 9. The molecule has 0 saturated heterocycles. The van der Waals surface area contributed by atoms with Crippen LogP contribution in [0.2, 0.25) is 0 Å². The number of benzene rings is 1. The Morgan fingerprint density at radius 2 is 1.45 bits per heavy atom. The first-order valence-corrected chi connectivity index (χ1v) is 16.0. The van der Waals surface area contributed by atoms with Crippen LogP contribution in [0.15, 0.2) is 36.4 Å². The minimum absolute atomic E-state index is 0.0782. The van der Waals surface area contributed by atoms with Crippen molar-refractivity contribution in [2.24, 2.45) is 11.5 Å². The minimum Gasteiger partial charge on any atom is -0.387 e. The molecule has 19 heteroatoms. The fourth-order valence-corrected chi connectivity index (χ4v) is 4.68. The Morgan fingerprint density at radius 3 is 2.04 bits per heavy atom. The second kappa shape index (κ2) is 19.8. The molecule has 9 amide bonds. The molecule has 18 nitrogen and oxygen atoms in total. The van der Waals surface area contributed by atoms with E-state index in [1.165, 1.54) is 24.3 Å². The number of urea groups is 1. The summed E-state index contributed by atoms with van der Waals surface area (Å²) in [5, 5.41) is 23.8. The first kappa shape index (κ1) is 38.6. The molecule has 0 fully saturated rings. The van der Waals surface area contributed by atoms with E-state index in [1.54, 1.807) is 0 Å². The average Bonchev–Trinajstić information content (AvgIpc) is 3.38. The van der Waals surface area contributed by atoms with Gasteiger partial charge in [0.05, 0.1) is 11.7 Å². The molecule has 3 atom stereocenters. The van der Waals surface area contributed by atoms with E-state index in [2.05, 4.69) is 31.9 Å². The van der Waals surface area contributed by atoms with Gasteiger partial charge in [0.15, 0.2) is 0 Å². The number of carbonyl (C=O) groups excluding carboxylic acids is 8. The molecule has 1 aromatic rings. The highest BCUT2D eigenvalue weighted by molar-refractivity contribution is 14.1. The van der Waals surface area contributed by atoms with Crippen molar-refractivity contribution in [3.8, 4) is 0 Å². The van der Waals surface area contributed by atoms with Crippen molar-refractivity contribution in [3.05, 3.63) is 36.4 Å². The Bertz CT molecular complexity index is 1340. The summed E-state index contributed by atoms with van der Waals surface area (Å²) in [7, 11) is 0. The molecule has 1 heterocycles. The van der Waals surface area contributed by atoms with E-state index in [0.29, 0.717) is 11.4 Å². The van der Waals surface area contributed by atoms with Crippen molar-refractivity contribution in [1.82, 2.24) is 26.6 Å². The van der Waals surface area contributed by atoms with Crippen LogP contribution in [0.4, 0.5) is 16.2 Å². The molecule has 0 unspecified atom stereocenters. The zero-order chi connectivity index (χ0) is 34.9. The minimum atomic E-state index is -1.09. The molecule has 0 bridgehead atoms. The van der Waals surface area contributed by atoms with Crippen LogP contribution < -0.4 is 48.3 Å². The normalized spacial score (nSPS) is 14.1. The van der Waals surface area contributed by atoms with Gasteiger partial charge in [-0.2, -0.15) is 0 Å². The summed E-state index contributed by atoms with van der Waals surface area (Å²) in [4.78, 5) is 97.8. The van der Waals surface area contributed by atoms with Crippen LogP contribution in [0.5, 0.6) is 0 Å². The van der Waals surface area contributed by atoms with E-state index in [-0.39, 0.29) is 49.7 Å². The van der Waals surface area contributed by atoms with Crippen molar-refractivity contribution in [2.45, 2.75) is 43.8 Å². The lowest BCUT2D eigenvalue weighted by Crippen LogP contribution is -2.53. The Kier molecular flexibility index (Phi) is 16.2. The number of rotatable bonds is 19. The number of aliphatic hydroxyl groups is 1. The number of carbonyl (C=O) groups is 8. The predicted molar refractivity (Wildman–Crippen MR) is 177 cm³/mol. The summed E-state index contributed by atoms with van der Waals surface area (Å²) in [6.07, 6.45) is 2.58. The maximum absolute atomic E-state index is 13.2. The number of primary amides is 1. The second-order valence-electron chi connectivity index (χ2n) is 10.1. The van der Waals surface area contributed by atoms with E-state index in [0.717, 1.165) is 17.1 Å². The van der Waals surface area contributed by atoms with Gasteiger partial charge < -0.3 is 48.5 Å². The van der Waals surface area contributed by atoms with Crippen molar-refractivity contribution in [1.29, 1.82) is 0 Å². The van der Waals surface area contributed by atoms with Gasteiger partial charge in [-0.15, -0.1) is 0 Å². The lowest BCUT2D eigenvalue weighted by molar-refractivity contribution is -0.130. The molecule has 47 heavy (non-hydrogen) atoms. The van der Waals surface area contributed by atoms with E-state index in [1.807, 2.05) is 22.6 Å². The number of aliphatic hydroxyl groups excluding tert-OH is 1. The van der Waals surface area contributed by atoms with Crippen LogP contribution in [-0.4, -0.2) is 101 Å². The van der Waals surface area contributed by atoms with E-state index >= 15 is 0 Å². The molecule has 1 aliphatic rings. The smallest absolute Gasteiger partial charge is 0.312 e. The van der Waals surface area contributed by atoms with Crippen molar-refractivity contribution < 1.29 is 43.5 Å². The Hall–Kier alpha value is -4.63. The number of hydrogen-bond donors (Lipinski definition) is 9. The van der Waals surface area contributed by atoms with E-state index in [4.69, 9.17) is 16.6 Å². The summed E-state index contributed by atoms with van der Waals surface area (Å²) in [6.45, 7) is -0.551. The number of nitrogens with zero attached hydrogens (tertiary/aromatic N) is 1. The fourth-order valence-electron chi connectivity index (χ4n) is 4.06. The maximum Gasteiger partial charge on any atom is 0.312 e. The van der Waals surface area contributed by atoms with Crippen LogP contribution in [-0.2, 0) is 33.6 Å². The highest BCUT2D eigenvalue weighted by Gasteiger charge is 2.27. The topological polar surface area (TPSA) is 284 Å². The van der Waals surface area contributed by atoms with Gasteiger partial charge in [0, 0.05) is 48.3 Å². The van der Waals surface area contributed by atoms with Gasteiger partial charge in [0.25, 0.3) is 11.8 Å². The second-order valence-corrected chi connectivity index (χ2v) is 11.0. The summed E-state index contributed by atoms with van der Waals surface area (Å²) in [6, 6.07) is 2.07. The molecule has 1 aromatic carbocycles. The molecule has 0 radical (unpaired) electrons. The van der Waals surface area contributed by atoms with Crippen molar-refractivity contribution >= 4 is 81.3 Å². The zero-order valence-electron chi connectivity index (χ0n) is 25.3. The van der Waals surface area contributed by atoms with Crippen LogP contribution >= 0.6 is 22.6 Å². The first-order chi connectivity index (χ1) is 22.4. The fraction of sp³-hybridized carbons (Fsp3) is 0.429. The standard InChI is InChI=1S/C28H38IN9O9/c29-14-20(36-21(40)10-13-33-25(44)18(30)9-12-32-22(41)15-39)27(46)37-19(2-1-11-34-28(31)47)26(45)35-16-3-5-17(6-4-16)38-23(42)7-8-24(38)43/h3-8,18-20,39H,1-2,9-15,30H2,(H,32,41)(H,33,44)(H,35,45)(H,36,40)(H,37,46)(H3,31,34,47)/t18-,19-,20-/m0/s1. The third-order valence-corrected chi connectivity index (χ3v) is 7.40. The van der Waals surface area contributed by atoms with Crippen LogP contribution in [0.1, 0.15) is 25.7 Å². The Morgan fingerprint density at radius 1 is 0.787 bits per heavy atom. The Balaban J connectivity index is 1.94. The molecule has 0 saturated carbocycles.